The maximum atomic E-state index is 14.6. The van der Waals surface area contributed by atoms with Crippen LogP contribution in [-0.4, -0.2) is 4.98 Å². The number of nitrogens with one attached hydrogen (secondary N) is 1. The smallest absolute Gasteiger partial charge is 0.168 e. The zero-order chi connectivity index (χ0) is 17.8. The Morgan fingerprint density at radius 1 is 1.12 bits per heavy atom. The topological polar surface area (TPSA) is 48.8 Å². The molecule has 1 heterocycles. The van der Waals surface area contributed by atoms with Gasteiger partial charge < -0.3 is 9.72 Å². The number of halogens is 2. The number of aryl methyl sites for hydroxylation is 1. The number of hydrogen-bond donors (Lipinski definition) is 1. The fraction of sp³-hybridized carbons (Fsp3) is 0.250. The molecule has 0 unspecified atom stereocenters. The van der Waals surface area contributed by atoms with E-state index in [1.807, 2.05) is 6.07 Å². The van der Waals surface area contributed by atoms with E-state index in [9.17, 15) is 8.78 Å². The van der Waals surface area contributed by atoms with Crippen molar-refractivity contribution in [3.8, 4) is 17.6 Å². The number of H-pyrrole nitrogens is 1. The minimum Gasteiger partial charge on any atom is -0.454 e. The largest absolute Gasteiger partial charge is 0.454 e. The van der Waals surface area contributed by atoms with Crippen molar-refractivity contribution in [3.63, 3.8) is 0 Å². The molecule has 0 atom stereocenters. The van der Waals surface area contributed by atoms with Crippen molar-refractivity contribution < 1.29 is 13.5 Å². The first-order valence-electron chi connectivity index (χ1n) is 8.30. The van der Waals surface area contributed by atoms with Gasteiger partial charge in [-0.05, 0) is 31.0 Å². The van der Waals surface area contributed by atoms with Gasteiger partial charge in [-0.25, -0.2) is 8.78 Å². The minimum absolute atomic E-state index is 0.131. The van der Waals surface area contributed by atoms with Crippen LogP contribution < -0.4 is 4.74 Å². The summed E-state index contributed by atoms with van der Waals surface area (Å²) in [7, 11) is 0. The van der Waals surface area contributed by atoms with Gasteiger partial charge in [-0.15, -0.1) is 0 Å². The minimum atomic E-state index is -0.625. The maximum absolute atomic E-state index is 14.6. The fourth-order valence-corrected chi connectivity index (χ4v) is 2.91. The maximum Gasteiger partial charge on any atom is 0.168 e. The predicted molar refractivity (Wildman–Crippen MR) is 92.7 cm³/mol. The average Bonchev–Trinajstić information content (AvgIpc) is 3.07. The summed E-state index contributed by atoms with van der Waals surface area (Å²) in [6.45, 7) is 2.11. The van der Waals surface area contributed by atoms with Crippen molar-refractivity contribution in [3.05, 3.63) is 59.3 Å². The fourth-order valence-electron chi connectivity index (χ4n) is 2.91. The summed E-state index contributed by atoms with van der Waals surface area (Å²) < 4.78 is 33.9. The van der Waals surface area contributed by atoms with E-state index in [-0.39, 0.29) is 17.1 Å². The van der Waals surface area contributed by atoms with Crippen LogP contribution in [0.2, 0.25) is 0 Å². The monoisotopic (exact) mass is 340 g/mol. The lowest BCUT2D eigenvalue weighted by atomic mass is 10.0. The number of nitrogens with zero attached hydrogens (tertiary/aromatic N) is 1. The molecule has 0 spiro atoms. The lowest BCUT2D eigenvalue weighted by Crippen LogP contribution is -1.98. The standard InChI is InChI=1S/C20H18F2N2O/c1-2-3-4-5-16-15-8-9-24-19(15)11-18(22)20(16)25-14-6-7-17(21)13(10-14)12-23/h6-11,24H,2-5H2,1H3. The molecule has 0 saturated carbocycles. The van der Waals surface area contributed by atoms with Crippen LogP contribution in [0.4, 0.5) is 8.78 Å². The van der Waals surface area contributed by atoms with Gasteiger partial charge in [-0.3, -0.25) is 0 Å². The molecule has 3 rings (SSSR count). The molecule has 0 fully saturated rings. The van der Waals surface area contributed by atoms with Crippen molar-refractivity contribution in [2.24, 2.45) is 0 Å². The number of unbranched alkanes of at least 4 members (excludes halogenated alkanes) is 2. The van der Waals surface area contributed by atoms with E-state index in [2.05, 4.69) is 11.9 Å². The van der Waals surface area contributed by atoms with Gasteiger partial charge in [0.05, 0.1) is 5.56 Å². The van der Waals surface area contributed by atoms with E-state index in [0.29, 0.717) is 11.9 Å². The first kappa shape index (κ1) is 17.0. The van der Waals surface area contributed by atoms with Crippen LogP contribution in [0, 0.1) is 23.0 Å². The normalized spacial score (nSPS) is 10.8. The predicted octanol–water partition coefficient (Wildman–Crippen LogP) is 5.84. The molecule has 128 valence electrons. The molecular formula is C20H18F2N2O. The van der Waals surface area contributed by atoms with Crippen LogP contribution in [0.15, 0.2) is 36.5 Å². The van der Waals surface area contributed by atoms with Crippen LogP contribution in [-0.2, 0) is 6.42 Å². The first-order chi connectivity index (χ1) is 12.1. The molecule has 0 radical (unpaired) electrons. The number of benzene rings is 2. The highest BCUT2D eigenvalue weighted by Gasteiger charge is 2.17. The van der Waals surface area contributed by atoms with E-state index >= 15 is 0 Å². The van der Waals surface area contributed by atoms with Gasteiger partial charge in [0.1, 0.15) is 17.6 Å². The number of nitriles is 1. The van der Waals surface area contributed by atoms with Gasteiger partial charge in [0.15, 0.2) is 11.6 Å². The summed E-state index contributed by atoms with van der Waals surface area (Å²) in [5, 5.41) is 9.86. The van der Waals surface area contributed by atoms with E-state index in [1.165, 1.54) is 18.2 Å². The van der Waals surface area contributed by atoms with Gasteiger partial charge in [0.2, 0.25) is 0 Å². The lowest BCUT2D eigenvalue weighted by Gasteiger charge is -2.14. The molecule has 0 aliphatic carbocycles. The molecule has 0 saturated heterocycles. The first-order valence-corrected chi connectivity index (χ1v) is 8.30. The van der Waals surface area contributed by atoms with Gasteiger partial charge in [-0.2, -0.15) is 5.26 Å². The Kier molecular flexibility index (Phi) is 4.99. The third kappa shape index (κ3) is 3.48. The average molecular weight is 340 g/mol. The number of hydrogen-bond acceptors (Lipinski definition) is 2. The van der Waals surface area contributed by atoms with Crippen molar-refractivity contribution in [1.29, 1.82) is 5.26 Å². The van der Waals surface area contributed by atoms with Crippen molar-refractivity contribution in [2.45, 2.75) is 32.6 Å². The van der Waals surface area contributed by atoms with Crippen LogP contribution >= 0.6 is 0 Å². The Morgan fingerprint density at radius 2 is 1.96 bits per heavy atom. The third-order valence-corrected chi connectivity index (χ3v) is 4.17. The molecule has 0 amide bonds. The Hall–Kier alpha value is -2.87. The van der Waals surface area contributed by atoms with Crippen LogP contribution in [0.5, 0.6) is 11.5 Å². The number of aromatic nitrogens is 1. The lowest BCUT2D eigenvalue weighted by molar-refractivity contribution is 0.435. The quantitative estimate of drug-likeness (QED) is 0.573. The second-order valence-corrected chi connectivity index (χ2v) is 5.92. The highest BCUT2D eigenvalue weighted by molar-refractivity contribution is 5.85. The summed E-state index contributed by atoms with van der Waals surface area (Å²) in [5.74, 6) is -0.731. The van der Waals surface area contributed by atoms with E-state index in [4.69, 9.17) is 10.00 Å². The number of rotatable bonds is 6. The molecule has 2 aromatic carbocycles. The Labute approximate surface area is 144 Å². The highest BCUT2D eigenvalue weighted by atomic mass is 19.1. The van der Waals surface area contributed by atoms with Gasteiger partial charge >= 0.3 is 0 Å². The summed E-state index contributed by atoms with van der Waals surface area (Å²) in [5.41, 5.74) is 1.37. The number of fused-ring (bicyclic) bond motifs is 1. The SMILES string of the molecule is CCCCCc1c(Oc2ccc(F)c(C#N)c2)c(F)cc2[nH]ccc12. The molecule has 5 heteroatoms. The Bertz CT molecular complexity index is 941. The van der Waals surface area contributed by atoms with Gasteiger partial charge in [0.25, 0.3) is 0 Å². The van der Waals surface area contributed by atoms with Crippen LogP contribution in [0.3, 0.4) is 0 Å². The third-order valence-electron chi connectivity index (χ3n) is 4.17. The molecule has 25 heavy (non-hydrogen) atoms. The second kappa shape index (κ2) is 7.35. The van der Waals surface area contributed by atoms with Gasteiger partial charge in [-0.1, -0.05) is 19.8 Å². The molecule has 0 aliphatic heterocycles. The second-order valence-electron chi connectivity index (χ2n) is 5.92. The molecule has 0 aliphatic rings. The molecule has 1 aromatic heterocycles. The van der Waals surface area contributed by atoms with Crippen molar-refractivity contribution in [2.75, 3.05) is 0 Å². The van der Waals surface area contributed by atoms with E-state index < -0.39 is 11.6 Å². The van der Waals surface area contributed by atoms with Crippen LogP contribution in [0.1, 0.15) is 37.3 Å². The molecular weight excluding hydrogens is 322 g/mol. The molecule has 3 aromatic rings. The Morgan fingerprint density at radius 3 is 2.72 bits per heavy atom. The zero-order valence-electron chi connectivity index (χ0n) is 13.9. The highest BCUT2D eigenvalue weighted by Crippen LogP contribution is 2.35. The molecule has 0 bridgehead atoms. The summed E-state index contributed by atoms with van der Waals surface area (Å²) in [4.78, 5) is 3.02. The summed E-state index contributed by atoms with van der Waals surface area (Å²) in [6.07, 6.45) is 5.47. The van der Waals surface area contributed by atoms with Crippen LogP contribution in [0.25, 0.3) is 10.9 Å². The van der Waals surface area contributed by atoms with E-state index in [1.54, 1.807) is 12.3 Å². The van der Waals surface area contributed by atoms with E-state index in [0.717, 1.165) is 36.3 Å². The summed E-state index contributed by atoms with van der Waals surface area (Å²) in [6, 6.07) is 8.88. The van der Waals surface area contributed by atoms with Crippen molar-refractivity contribution >= 4 is 10.9 Å². The van der Waals surface area contributed by atoms with Crippen molar-refractivity contribution in [1.82, 2.24) is 4.98 Å². The Balaban J connectivity index is 2.03. The summed E-state index contributed by atoms with van der Waals surface area (Å²) >= 11 is 0. The molecule has 3 nitrogen and oxygen atoms in total. The number of aromatic amines is 1. The zero-order valence-corrected chi connectivity index (χ0v) is 13.9. The molecule has 1 N–H and O–H groups in total. The number of ether oxygens (including phenoxy) is 1. The van der Waals surface area contributed by atoms with Gasteiger partial charge in [0, 0.05) is 34.8 Å².